The SMILES string of the molecule is O=C(CNC(=O)c1ccccc1C(F)(F)F)NC(CCO)C1CC1. The van der Waals surface area contributed by atoms with Gasteiger partial charge in [-0.05, 0) is 37.3 Å². The minimum atomic E-state index is -4.64. The largest absolute Gasteiger partial charge is 0.417 e. The molecule has 0 aromatic heterocycles. The van der Waals surface area contributed by atoms with Crippen molar-refractivity contribution in [2.75, 3.05) is 13.2 Å². The Kier molecular flexibility index (Phi) is 5.82. The first kappa shape index (κ1) is 18.3. The van der Waals surface area contributed by atoms with Gasteiger partial charge in [-0.1, -0.05) is 12.1 Å². The fourth-order valence-corrected chi connectivity index (χ4v) is 2.51. The number of benzene rings is 1. The number of aliphatic hydroxyl groups is 1. The van der Waals surface area contributed by atoms with Crippen molar-refractivity contribution in [2.24, 2.45) is 5.92 Å². The zero-order valence-electron chi connectivity index (χ0n) is 12.9. The molecule has 132 valence electrons. The van der Waals surface area contributed by atoms with Crippen LogP contribution in [0.25, 0.3) is 0 Å². The Morgan fingerprint density at radius 2 is 1.92 bits per heavy atom. The second-order valence-electron chi connectivity index (χ2n) is 5.75. The summed E-state index contributed by atoms with van der Waals surface area (Å²) >= 11 is 0. The van der Waals surface area contributed by atoms with Crippen molar-refractivity contribution < 1.29 is 27.9 Å². The van der Waals surface area contributed by atoms with Gasteiger partial charge >= 0.3 is 6.18 Å². The Hall–Kier alpha value is -2.09. The summed E-state index contributed by atoms with van der Waals surface area (Å²) in [6, 6.07) is 4.24. The van der Waals surface area contributed by atoms with Crippen molar-refractivity contribution in [3.05, 3.63) is 35.4 Å². The molecule has 2 amide bonds. The minimum absolute atomic E-state index is 0.0627. The summed E-state index contributed by atoms with van der Waals surface area (Å²) in [6.45, 7) is -0.480. The number of carbonyl (C=O) groups is 2. The van der Waals surface area contributed by atoms with E-state index in [1.165, 1.54) is 12.1 Å². The molecule has 3 N–H and O–H groups in total. The predicted octanol–water partition coefficient (Wildman–Crippen LogP) is 1.71. The molecule has 5 nitrogen and oxygen atoms in total. The molecule has 24 heavy (non-hydrogen) atoms. The van der Waals surface area contributed by atoms with Crippen molar-refractivity contribution >= 4 is 11.8 Å². The number of hydrogen-bond acceptors (Lipinski definition) is 3. The normalized spacial score (nSPS) is 15.7. The molecular formula is C16H19F3N2O3. The van der Waals surface area contributed by atoms with Crippen molar-refractivity contribution in [1.82, 2.24) is 10.6 Å². The molecule has 2 rings (SSSR count). The van der Waals surface area contributed by atoms with Crippen molar-refractivity contribution in [3.8, 4) is 0 Å². The summed E-state index contributed by atoms with van der Waals surface area (Å²) in [5, 5.41) is 13.9. The van der Waals surface area contributed by atoms with Gasteiger partial charge < -0.3 is 15.7 Å². The van der Waals surface area contributed by atoms with Crippen LogP contribution >= 0.6 is 0 Å². The van der Waals surface area contributed by atoms with Crippen LogP contribution in [0.3, 0.4) is 0 Å². The number of aliphatic hydroxyl groups excluding tert-OH is 1. The molecule has 1 atom stereocenters. The monoisotopic (exact) mass is 344 g/mol. The maximum absolute atomic E-state index is 12.9. The van der Waals surface area contributed by atoms with Crippen molar-refractivity contribution in [3.63, 3.8) is 0 Å². The van der Waals surface area contributed by atoms with Gasteiger partial charge in [0.2, 0.25) is 5.91 Å². The van der Waals surface area contributed by atoms with E-state index < -0.39 is 35.7 Å². The molecule has 1 aromatic carbocycles. The van der Waals surface area contributed by atoms with E-state index in [-0.39, 0.29) is 12.6 Å². The molecule has 0 heterocycles. The van der Waals surface area contributed by atoms with E-state index in [1.807, 2.05) is 0 Å². The minimum Gasteiger partial charge on any atom is -0.396 e. The van der Waals surface area contributed by atoms with E-state index in [0.29, 0.717) is 12.3 Å². The van der Waals surface area contributed by atoms with E-state index >= 15 is 0 Å². The van der Waals surface area contributed by atoms with Gasteiger partial charge in [-0.15, -0.1) is 0 Å². The van der Waals surface area contributed by atoms with Crippen LogP contribution in [0.4, 0.5) is 13.2 Å². The first-order valence-corrected chi connectivity index (χ1v) is 7.67. The average molecular weight is 344 g/mol. The second-order valence-corrected chi connectivity index (χ2v) is 5.75. The molecule has 0 saturated heterocycles. The Balaban J connectivity index is 1.92. The molecule has 1 saturated carbocycles. The zero-order valence-corrected chi connectivity index (χ0v) is 12.9. The second kappa shape index (κ2) is 7.65. The highest BCUT2D eigenvalue weighted by molar-refractivity contribution is 5.97. The first-order chi connectivity index (χ1) is 11.3. The summed E-state index contributed by atoms with van der Waals surface area (Å²) in [5.74, 6) is -1.12. The smallest absolute Gasteiger partial charge is 0.396 e. The van der Waals surface area contributed by atoms with E-state index in [9.17, 15) is 22.8 Å². The summed E-state index contributed by atoms with van der Waals surface area (Å²) in [5.41, 5.74) is -1.56. The molecule has 0 spiro atoms. The van der Waals surface area contributed by atoms with E-state index in [4.69, 9.17) is 5.11 Å². The van der Waals surface area contributed by atoms with Crippen LogP contribution in [-0.4, -0.2) is 36.1 Å². The molecule has 1 aromatic rings. The van der Waals surface area contributed by atoms with E-state index in [1.54, 1.807) is 0 Å². The van der Waals surface area contributed by atoms with Gasteiger partial charge in [0.05, 0.1) is 17.7 Å². The Labute approximate surface area is 137 Å². The van der Waals surface area contributed by atoms with Gasteiger partial charge in [0.15, 0.2) is 0 Å². The quantitative estimate of drug-likeness (QED) is 0.705. The maximum Gasteiger partial charge on any atom is 0.417 e. The summed E-state index contributed by atoms with van der Waals surface area (Å²) in [7, 11) is 0. The van der Waals surface area contributed by atoms with Gasteiger partial charge in [-0.3, -0.25) is 9.59 Å². The highest BCUT2D eigenvalue weighted by Gasteiger charge is 2.35. The van der Waals surface area contributed by atoms with Crippen LogP contribution in [0.2, 0.25) is 0 Å². The van der Waals surface area contributed by atoms with Crippen LogP contribution in [0.1, 0.15) is 35.2 Å². The number of rotatable bonds is 7. The van der Waals surface area contributed by atoms with Crippen LogP contribution in [0, 0.1) is 5.92 Å². The lowest BCUT2D eigenvalue weighted by molar-refractivity contribution is -0.137. The fraction of sp³-hybridized carbons (Fsp3) is 0.500. The average Bonchev–Trinajstić information content (AvgIpc) is 3.36. The number of halogens is 3. The third kappa shape index (κ3) is 4.95. The summed E-state index contributed by atoms with van der Waals surface area (Å²) in [4.78, 5) is 23.8. The van der Waals surface area contributed by atoms with Gasteiger partial charge in [-0.25, -0.2) is 0 Å². The zero-order chi connectivity index (χ0) is 17.7. The molecule has 0 aliphatic heterocycles. The lowest BCUT2D eigenvalue weighted by atomic mass is 10.1. The Morgan fingerprint density at radius 1 is 1.25 bits per heavy atom. The molecule has 1 unspecified atom stereocenters. The number of carbonyl (C=O) groups excluding carboxylic acids is 2. The molecular weight excluding hydrogens is 325 g/mol. The van der Waals surface area contributed by atoms with Gasteiger partial charge in [-0.2, -0.15) is 13.2 Å². The summed E-state index contributed by atoms with van der Waals surface area (Å²) < 4.78 is 38.6. The molecule has 0 radical (unpaired) electrons. The maximum atomic E-state index is 12.9. The molecule has 1 fully saturated rings. The first-order valence-electron chi connectivity index (χ1n) is 7.67. The van der Waals surface area contributed by atoms with Crippen molar-refractivity contribution in [2.45, 2.75) is 31.5 Å². The number of hydrogen-bond donors (Lipinski definition) is 3. The summed E-state index contributed by atoms with van der Waals surface area (Å²) in [6.07, 6.45) is -2.29. The lowest BCUT2D eigenvalue weighted by Crippen LogP contribution is -2.43. The third-order valence-corrected chi connectivity index (χ3v) is 3.86. The molecule has 0 bridgehead atoms. The predicted molar refractivity (Wildman–Crippen MR) is 80.1 cm³/mol. The van der Waals surface area contributed by atoms with Gasteiger partial charge in [0.25, 0.3) is 5.91 Å². The highest BCUT2D eigenvalue weighted by atomic mass is 19.4. The van der Waals surface area contributed by atoms with Crippen LogP contribution in [-0.2, 0) is 11.0 Å². The topological polar surface area (TPSA) is 78.4 Å². The molecule has 1 aliphatic rings. The molecule has 8 heteroatoms. The van der Waals surface area contributed by atoms with E-state index in [2.05, 4.69) is 10.6 Å². The molecule has 1 aliphatic carbocycles. The number of alkyl halides is 3. The standard InChI is InChI=1S/C16H19F3N2O3/c17-16(18,19)12-4-2-1-3-11(12)15(24)20-9-14(23)21-13(7-8-22)10-5-6-10/h1-4,10,13,22H,5-9H2,(H,20,24)(H,21,23). The van der Waals surface area contributed by atoms with Gasteiger partial charge in [0.1, 0.15) is 0 Å². The Bertz CT molecular complexity index is 600. The van der Waals surface area contributed by atoms with Crippen LogP contribution < -0.4 is 10.6 Å². The fourth-order valence-electron chi connectivity index (χ4n) is 2.51. The van der Waals surface area contributed by atoms with Crippen LogP contribution in [0.15, 0.2) is 24.3 Å². The van der Waals surface area contributed by atoms with Crippen molar-refractivity contribution in [1.29, 1.82) is 0 Å². The lowest BCUT2D eigenvalue weighted by Gasteiger charge is -2.17. The number of amides is 2. The Morgan fingerprint density at radius 3 is 2.50 bits per heavy atom. The number of nitrogens with one attached hydrogen (secondary N) is 2. The van der Waals surface area contributed by atoms with E-state index in [0.717, 1.165) is 25.0 Å². The highest BCUT2D eigenvalue weighted by Crippen LogP contribution is 2.34. The van der Waals surface area contributed by atoms with Crippen LogP contribution in [0.5, 0.6) is 0 Å². The van der Waals surface area contributed by atoms with Gasteiger partial charge in [0, 0.05) is 12.6 Å². The third-order valence-electron chi connectivity index (χ3n) is 3.86.